The molecule has 1 atom stereocenters. The van der Waals surface area contributed by atoms with Crippen LogP contribution in [-0.2, 0) is 18.2 Å². The predicted molar refractivity (Wildman–Crippen MR) is 59.1 cm³/mol. The molecular formula is C7H18O8P2. The Labute approximate surface area is 99.4 Å². The molecule has 0 spiro atoms. The molecule has 104 valence electrons. The molecule has 0 bridgehead atoms. The maximum absolute atomic E-state index is 10.6. The molecule has 0 amide bonds. The van der Waals surface area contributed by atoms with Crippen LogP contribution in [0.15, 0.2) is 0 Å². The zero-order chi connectivity index (χ0) is 13.5. The highest BCUT2D eigenvalue weighted by Gasteiger charge is 2.21. The van der Waals surface area contributed by atoms with E-state index in [9.17, 15) is 9.13 Å². The Hall–Kier alpha value is 0.220. The molecule has 0 radical (unpaired) electrons. The van der Waals surface area contributed by atoms with Crippen LogP contribution >= 0.6 is 15.6 Å². The van der Waals surface area contributed by atoms with Crippen molar-refractivity contribution in [1.82, 2.24) is 0 Å². The minimum Gasteiger partial charge on any atom is -0.303 e. The van der Waals surface area contributed by atoms with Gasteiger partial charge in [0.1, 0.15) is 0 Å². The molecule has 1 unspecified atom stereocenters. The molecule has 8 nitrogen and oxygen atoms in total. The van der Waals surface area contributed by atoms with Crippen molar-refractivity contribution in [3.63, 3.8) is 0 Å². The molecule has 0 fully saturated rings. The largest absolute Gasteiger partial charge is 0.469 e. The molecule has 0 saturated carbocycles. The maximum Gasteiger partial charge on any atom is 0.469 e. The van der Waals surface area contributed by atoms with Crippen LogP contribution in [0.5, 0.6) is 0 Å². The summed E-state index contributed by atoms with van der Waals surface area (Å²) in [6.45, 7) is 1.65. The van der Waals surface area contributed by atoms with E-state index in [0.29, 0.717) is 12.8 Å². The highest BCUT2D eigenvalue weighted by molar-refractivity contribution is 7.46. The van der Waals surface area contributed by atoms with Crippen molar-refractivity contribution >= 4 is 15.6 Å². The van der Waals surface area contributed by atoms with Crippen LogP contribution in [0.25, 0.3) is 0 Å². The van der Waals surface area contributed by atoms with E-state index in [1.54, 1.807) is 0 Å². The Morgan fingerprint density at radius 3 is 2.06 bits per heavy atom. The highest BCUT2D eigenvalue weighted by atomic mass is 31.2. The van der Waals surface area contributed by atoms with Gasteiger partial charge in [0.05, 0.1) is 12.7 Å². The average molecular weight is 292 g/mol. The smallest absolute Gasteiger partial charge is 0.303 e. The number of hydrogen-bond donors (Lipinski definition) is 4. The maximum atomic E-state index is 10.6. The second-order valence-electron chi connectivity index (χ2n) is 3.47. The summed E-state index contributed by atoms with van der Waals surface area (Å²) in [5.41, 5.74) is 0. The Kier molecular flexibility index (Phi) is 7.71. The van der Waals surface area contributed by atoms with Crippen molar-refractivity contribution in [2.24, 2.45) is 0 Å². The van der Waals surface area contributed by atoms with Crippen LogP contribution < -0.4 is 0 Å². The van der Waals surface area contributed by atoms with Crippen LogP contribution in [0.4, 0.5) is 0 Å². The van der Waals surface area contributed by atoms with Gasteiger partial charge in [0.25, 0.3) is 0 Å². The van der Waals surface area contributed by atoms with Crippen LogP contribution in [0.1, 0.15) is 32.6 Å². The van der Waals surface area contributed by atoms with Crippen molar-refractivity contribution < 1.29 is 37.8 Å². The first-order chi connectivity index (χ1) is 7.64. The van der Waals surface area contributed by atoms with Gasteiger partial charge in [-0.15, -0.1) is 0 Å². The quantitative estimate of drug-likeness (QED) is 0.367. The molecule has 0 aliphatic carbocycles. The second-order valence-corrected chi connectivity index (χ2v) is 5.90. The fourth-order valence-electron chi connectivity index (χ4n) is 1.26. The topological polar surface area (TPSA) is 134 Å². The van der Waals surface area contributed by atoms with E-state index in [1.165, 1.54) is 0 Å². The second kappa shape index (κ2) is 7.61. The summed E-state index contributed by atoms with van der Waals surface area (Å²) in [6.07, 6.45) is 1.01. The number of rotatable bonds is 9. The molecule has 0 aromatic heterocycles. The van der Waals surface area contributed by atoms with E-state index in [2.05, 4.69) is 9.05 Å². The highest BCUT2D eigenvalue weighted by Crippen LogP contribution is 2.40. The van der Waals surface area contributed by atoms with Gasteiger partial charge in [0.2, 0.25) is 0 Å². The standard InChI is InChI=1S/C7H18O8P2/c1-2-4-7(15-17(11,12)13)5-3-6-14-16(8,9)10/h7H,2-6H2,1H3,(H2,8,9,10)(H2,11,12,13). The van der Waals surface area contributed by atoms with Gasteiger partial charge >= 0.3 is 15.6 Å². The molecule has 17 heavy (non-hydrogen) atoms. The monoisotopic (exact) mass is 292 g/mol. The lowest BCUT2D eigenvalue weighted by Crippen LogP contribution is -2.12. The average Bonchev–Trinajstić information content (AvgIpc) is 2.08. The molecule has 0 rings (SSSR count). The lowest BCUT2D eigenvalue weighted by atomic mass is 10.1. The van der Waals surface area contributed by atoms with E-state index < -0.39 is 21.7 Å². The van der Waals surface area contributed by atoms with E-state index >= 15 is 0 Å². The van der Waals surface area contributed by atoms with Gasteiger partial charge in [-0.05, 0) is 19.3 Å². The summed E-state index contributed by atoms with van der Waals surface area (Å²) in [5.74, 6) is 0. The Balaban J connectivity index is 3.93. The van der Waals surface area contributed by atoms with Crippen LogP contribution in [-0.4, -0.2) is 32.3 Å². The first kappa shape index (κ1) is 17.2. The summed E-state index contributed by atoms with van der Waals surface area (Å²) in [6, 6.07) is 0. The number of hydrogen-bond acceptors (Lipinski definition) is 4. The lowest BCUT2D eigenvalue weighted by Gasteiger charge is -2.17. The molecule has 0 saturated heterocycles. The van der Waals surface area contributed by atoms with Gasteiger partial charge in [-0.25, -0.2) is 9.13 Å². The van der Waals surface area contributed by atoms with Crippen molar-refractivity contribution in [3.05, 3.63) is 0 Å². The molecule has 10 heteroatoms. The first-order valence-electron chi connectivity index (χ1n) is 5.08. The van der Waals surface area contributed by atoms with Crippen LogP contribution in [0.2, 0.25) is 0 Å². The molecule has 0 heterocycles. The van der Waals surface area contributed by atoms with Crippen molar-refractivity contribution in [2.45, 2.75) is 38.7 Å². The third-order valence-corrected chi connectivity index (χ3v) is 2.92. The van der Waals surface area contributed by atoms with Gasteiger partial charge in [0, 0.05) is 0 Å². The van der Waals surface area contributed by atoms with Crippen LogP contribution in [0.3, 0.4) is 0 Å². The summed E-state index contributed by atoms with van der Waals surface area (Å²) in [5, 5.41) is 0. The van der Waals surface area contributed by atoms with Crippen LogP contribution in [0, 0.1) is 0 Å². The molecular weight excluding hydrogens is 274 g/mol. The molecule has 0 aromatic rings. The van der Waals surface area contributed by atoms with E-state index in [1.807, 2.05) is 6.92 Å². The third-order valence-electron chi connectivity index (χ3n) is 1.83. The first-order valence-corrected chi connectivity index (χ1v) is 8.14. The van der Waals surface area contributed by atoms with Crippen molar-refractivity contribution in [2.75, 3.05) is 6.61 Å². The van der Waals surface area contributed by atoms with Gasteiger partial charge in [-0.2, -0.15) is 0 Å². The summed E-state index contributed by atoms with van der Waals surface area (Å²) >= 11 is 0. The normalized spacial score (nSPS) is 14.9. The SMILES string of the molecule is CCCC(CCCOP(=O)(O)O)OP(=O)(O)O. The summed E-state index contributed by atoms with van der Waals surface area (Å²) < 4.78 is 29.7. The van der Waals surface area contributed by atoms with Gasteiger partial charge in [-0.1, -0.05) is 13.3 Å². The summed E-state index contributed by atoms with van der Waals surface area (Å²) in [4.78, 5) is 34.1. The summed E-state index contributed by atoms with van der Waals surface area (Å²) in [7, 11) is -9.00. The van der Waals surface area contributed by atoms with E-state index in [-0.39, 0.29) is 19.4 Å². The van der Waals surface area contributed by atoms with Gasteiger partial charge in [-0.3, -0.25) is 9.05 Å². The van der Waals surface area contributed by atoms with E-state index in [4.69, 9.17) is 19.6 Å². The molecule has 0 aliphatic heterocycles. The Morgan fingerprint density at radius 1 is 1.06 bits per heavy atom. The van der Waals surface area contributed by atoms with Gasteiger partial charge in [0.15, 0.2) is 0 Å². The number of phosphoric acid groups is 2. The fourth-order valence-corrected chi connectivity index (χ4v) is 2.23. The van der Waals surface area contributed by atoms with Crippen molar-refractivity contribution in [3.8, 4) is 0 Å². The zero-order valence-corrected chi connectivity index (χ0v) is 11.2. The lowest BCUT2D eigenvalue weighted by molar-refractivity contribution is 0.109. The Morgan fingerprint density at radius 2 is 1.65 bits per heavy atom. The minimum atomic E-state index is -4.53. The van der Waals surface area contributed by atoms with E-state index in [0.717, 1.165) is 0 Å². The Bertz CT molecular complexity index is 294. The van der Waals surface area contributed by atoms with Gasteiger partial charge < -0.3 is 19.6 Å². The molecule has 0 aromatic carbocycles. The molecule has 0 aliphatic rings. The predicted octanol–water partition coefficient (Wildman–Crippen LogP) is 1.15. The zero-order valence-electron chi connectivity index (χ0n) is 9.43. The third kappa shape index (κ3) is 12.5. The van der Waals surface area contributed by atoms with Crippen molar-refractivity contribution in [1.29, 1.82) is 0 Å². The fraction of sp³-hybridized carbons (Fsp3) is 1.00. The number of phosphoric ester groups is 2. The minimum absolute atomic E-state index is 0.186. The molecule has 4 N–H and O–H groups in total.